The van der Waals surface area contributed by atoms with Gasteiger partial charge < -0.3 is 14.9 Å². The maximum absolute atomic E-state index is 13.3. The quantitative estimate of drug-likeness (QED) is 0.422. The standard InChI is InChI=1S/C18H18F5N5O.C7H7F.2CH2O/c1-28-4-2-3-14(28)16(29)25-6-10-5-13(24-9-12(10)15(19)20)11-7-26-17(27-8-11)18(21,22)23;1-6-2-4-7(8)5-3-6;2*1-2/h5,7-9,14-15H,2-4,6H2,1H3,(H,25,29);2-5H,1H3;2*1H2/t14-;;;/m0.../s1. The first kappa shape index (κ1) is 34.8. The predicted octanol–water partition coefficient (Wildman–Crippen LogP) is 4.97. The molecule has 8 nitrogen and oxygen atoms in total. The molecule has 0 spiro atoms. The van der Waals surface area contributed by atoms with Crippen molar-refractivity contribution in [1.82, 2.24) is 25.2 Å². The molecule has 1 aliphatic heterocycles. The third-order valence-corrected chi connectivity index (χ3v) is 5.75. The number of alkyl halides is 5. The number of carbonyl (C=O) groups is 3. The minimum Gasteiger partial charge on any atom is -0.351 e. The third-order valence-electron chi connectivity index (χ3n) is 5.75. The predicted molar refractivity (Wildman–Crippen MR) is 138 cm³/mol. The summed E-state index contributed by atoms with van der Waals surface area (Å²) in [4.78, 5) is 40.6. The molecule has 0 saturated carbocycles. The second-order valence-electron chi connectivity index (χ2n) is 8.51. The van der Waals surface area contributed by atoms with Crippen molar-refractivity contribution in [2.45, 2.75) is 45.0 Å². The maximum atomic E-state index is 13.3. The fraction of sp³-hybridized carbons (Fsp3) is 0.333. The summed E-state index contributed by atoms with van der Waals surface area (Å²) in [5, 5.41) is 2.65. The van der Waals surface area contributed by atoms with E-state index in [1.54, 1.807) is 12.1 Å². The Morgan fingerprint density at radius 3 is 2.10 bits per heavy atom. The number of likely N-dealkylation sites (tertiary alicyclic amines) is 1. The van der Waals surface area contributed by atoms with Crippen molar-refractivity contribution in [2.24, 2.45) is 0 Å². The SMILES string of the molecule is C=O.C=O.CN1CCC[C@H]1C(=O)NCc1cc(-c2cnc(C(F)(F)F)nc2)ncc1C(F)F.Cc1ccc(F)cc1. The molecule has 0 radical (unpaired) electrons. The highest BCUT2D eigenvalue weighted by Gasteiger charge is 2.34. The second kappa shape index (κ2) is 16.8. The van der Waals surface area contributed by atoms with E-state index < -0.39 is 18.4 Å². The third kappa shape index (κ3) is 10.7. The van der Waals surface area contributed by atoms with Gasteiger partial charge in [-0.3, -0.25) is 14.7 Å². The molecule has 1 aromatic carbocycles. The van der Waals surface area contributed by atoms with E-state index in [4.69, 9.17) is 9.59 Å². The molecule has 1 N–H and O–H groups in total. The summed E-state index contributed by atoms with van der Waals surface area (Å²) in [5.74, 6) is -1.74. The topological polar surface area (TPSA) is 105 Å². The van der Waals surface area contributed by atoms with Crippen molar-refractivity contribution in [2.75, 3.05) is 13.6 Å². The number of pyridine rings is 1. The van der Waals surface area contributed by atoms with E-state index >= 15 is 0 Å². The fourth-order valence-corrected chi connectivity index (χ4v) is 3.70. The minimum absolute atomic E-state index is 0.124. The van der Waals surface area contributed by atoms with Gasteiger partial charge in [-0.05, 0) is 57.1 Å². The Kier molecular flexibility index (Phi) is 14.3. The van der Waals surface area contributed by atoms with Crippen molar-refractivity contribution in [3.63, 3.8) is 0 Å². The van der Waals surface area contributed by atoms with Gasteiger partial charge in [0.05, 0.1) is 11.7 Å². The molecular weight excluding hydrogens is 556 g/mol. The summed E-state index contributed by atoms with van der Waals surface area (Å²) in [7, 11) is 1.82. The zero-order valence-corrected chi connectivity index (χ0v) is 22.3. The minimum atomic E-state index is -4.69. The van der Waals surface area contributed by atoms with Gasteiger partial charge in [0.2, 0.25) is 11.7 Å². The first-order valence-corrected chi connectivity index (χ1v) is 11.9. The lowest BCUT2D eigenvalue weighted by atomic mass is 10.1. The van der Waals surface area contributed by atoms with E-state index in [2.05, 4.69) is 20.3 Å². The number of halogens is 6. The van der Waals surface area contributed by atoms with Crippen LogP contribution in [0, 0.1) is 12.7 Å². The molecule has 0 aliphatic carbocycles. The average molecular weight is 586 g/mol. The monoisotopic (exact) mass is 585 g/mol. The number of likely N-dealkylation sites (N-methyl/N-ethyl adjacent to an activating group) is 1. The first-order valence-electron chi connectivity index (χ1n) is 11.9. The zero-order valence-electron chi connectivity index (χ0n) is 22.3. The number of amides is 1. The number of hydrogen-bond acceptors (Lipinski definition) is 7. The van der Waals surface area contributed by atoms with Crippen LogP contribution in [0.25, 0.3) is 11.3 Å². The van der Waals surface area contributed by atoms with Crippen LogP contribution in [0.4, 0.5) is 26.3 Å². The molecule has 0 bridgehead atoms. The van der Waals surface area contributed by atoms with Gasteiger partial charge in [-0.1, -0.05) is 17.7 Å². The van der Waals surface area contributed by atoms with Crippen LogP contribution in [-0.4, -0.2) is 59.0 Å². The molecule has 14 heteroatoms. The molecule has 1 aliphatic rings. The van der Waals surface area contributed by atoms with Crippen molar-refractivity contribution in [3.05, 3.63) is 77.3 Å². The molecule has 2 aromatic heterocycles. The number of hydrogen-bond donors (Lipinski definition) is 1. The van der Waals surface area contributed by atoms with Gasteiger partial charge in [0.1, 0.15) is 19.4 Å². The molecule has 1 fully saturated rings. The lowest BCUT2D eigenvalue weighted by Crippen LogP contribution is -2.41. The number of benzene rings is 1. The first-order chi connectivity index (χ1) is 19.5. The molecule has 3 aromatic rings. The van der Waals surface area contributed by atoms with E-state index in [0.29, 0.717) is 6.42 Å². The van der Waals surface area contributed by atoms with Crippen LogP contribution in [0.3, 0.4) is 0 Å². The van der Waals surface area contributed by atoms with Crippen LogP contribution in [0.2, 0.25) is 0 Å². The second-order valence-corrected chi connectivity index (χ2v) is 8.51. The summed E-state index contributed by atoms with van der Waals surface area (Å²) in [6, 6.07) is 7.39. The lowest BCUT2D eigenvalue weighted by molar-refractivity contribution is -0.145. The van der Waals surface area contributed by atoms with Gasteiger partial charge >= 0.3 is 6.18 Å². The largest absolute Gasteiger partial charge is 0.451 e. The van der Waals surface area contributed by atoms with Crippen LogP contribution in [-0.2, 0) is 27.1 Å². The zero-order chi connectivity index (χ0) is 31.2. The number of aromatic nitrogens is 3. The van der Waals surface area contributed by atoms with E-state index in [9.17, 15) is 31.1 Å². The van der Waals surface area contributed by atoms with Crippen LogP contribution < -0.4 is 5.32 Å². The molecule has 3 heterocycles. The summed E-state index contributed by atoms with van der Waals surface area (Å²) >= 11 is 0. The highest BCUT2D eigenvalue weighted by Crippen LogP contribution is 2.29. The highest BCUT2D eigenvalue weighted by molar-refractivity contribution is 5.82. The van der Waals surface area contributed by atoms with Gasteiger partial charge in [-0.25, -0.2) is 23.1 Å². The molecular formula is C27H29F6N5O3. The van der Waals surface area contributed by atoms with Crippen LogP contribution in [0.15, 0.2) is 48.9 Å². The van der Waals surface area contributed by atoms with Gasteiger partial charge in [-0.2, -0.15) is 13.2 Å². The van der Waals surface area contributed by atoms with E-state index in [1.165, 1.54) is 18.2 Å². The van der Waals surface area contributed by atoms with Gasteiger partial charge in [0, 0.05) is 36.3 Å². The van der Waals surface area contributed by atoms with E-state index in [0.717, 1.165) is 37.1 Å². The normalized spacial score (nSPS) is 14.5. The van der Waals surface area contributed by atoms with Crippen molar-refractivity contribution in [3.8, 4) is 11.3 Å². The van der Waals surface area contributed by atoms with Crippen LogP contribution >= 0.6 is 0 Å². The van der Waals surface area contributed by atoms with Gasteiger partial charge in [0.25, 0.3) is 6.43 Å². The molecule has 4 rings (SSSR count). The summed E-state index contributed by atoms with van der Waals surface area (Å²) < 4.78 is 76.5. The Hall–Kier alpha value is -4.20. The molecule has 1 saturated heterocycles. The Balaban J connectivity index is 0.000000590. The molecule has 41 heavy (non-hydrogen) atoms. The van der Waals surface area contributed by atoms with Crippen molar-refractivity contribution in [1.29, 1.82) is 0 Å². The Labute approximate surface area is 232 Å². The van der Waals surface area contributed by atoms with E-state index in [1.807, 2.05) is 32.4 Å². The number of carbonyl (C=O) groups excluding carboxylic acids is 3. The lowest BCUT2D eigenvalue weighted by Gasteiger charge is -2.19. The number of rotatable bonds is 5. The Morgan fingerprint density at radius 2 is 1.63 bits per heavy atom. The summed E-state index contributed by atoms with van der Waals surface area (Å²) in [5.41, 5.74) is 1.12. The number of nitrogens with one attached hydrogen (secondary N) is 1. The fourth-order valence-electron chi connectivity index (χ4n) is 3.70. The van der Waals surface area contributed by atoms with Crippen molar-refractivity contribution < 1.29 is 40.7 Å². The smallest absolute Gasteiger partial charge is 0.351 e. The average Bonchev–Trinajstić information content (AvgIpc) is 3.41. The van der Waals surface area contributed by atoms with E-state index in [-0.39, 0.29) is 46.7 Å². The number of nitrogens with zero attached hydrogens (tertiary/aromatic N) is 4. The van der Waals surface area contributed by atoms with Crippen molar-refractivity contribution >= 4 is 19.5 Å². The Morgan fingerprint density at radius 1 is 1.05 bits per heavy atom. The van der Waals surface area contributed by atoms with Crippen LogP contribution in [0.1, 0.15) is 41.8 Å². The Bertz CT molecular complexity index is 1200. The van der Waals surface area contributed by atoms with Gasteiger partial charge in [0.15, 0.2) is 0 Å². The van der Waals surface area contributed by atoms with Crippen LogP contribution in [0.5, 0.6) is 0 Å². The molecule has 222 valence electrons. The summed E-state index contributed by atoms with van der Waals surface area (Å²) in [6.45, 7) is 6.56. The number of aryl methyl sites for hydroxylation is 1. The van der Waals surface area contributed by atoms with Gasteiger partial charge in [-0.15, -0.1) is 0 Å². The molecule has 1 atom stereocenters. The maximum Gasteiger partial charge on any atom is 0.451 e. The molecule has 1 amide bonds. The summed E-state index contributed by atoms with van der Waals surface area (Å²) in [6.07, 6.45) is -3.14. The highest BCUT2D eigenvalue weighted by atomic mass is 19.4. The molecule has 0 unspecified atom stereocenters.